The monoisotopic (exact) mass is 359 g/mol. The number of amides is 1. The second-order valence-corrected chi connectivity index (χ2v) is 5.37. The SMILES string of the molecule is Cc1ccnc(Cl)c1NC(=O)c1cc(Br)cnc1Cl. The number of rotatable bonds is 2. The number of pyridine rings is 2. The number of carbonyl (C=O) groups excluding carboxylic acids is 1. The molecule has 98 valence electrons. The molecule has 0 fully saturated rings. The molecular weight excluding hydrogens is 353 g/mol. The average Bonchev–Trinajstić information content (AvgIpc) is 2.37. The summed E-state index contributed by atoms with van der Waals surface area (Å²) in [6, 6.07) is 3.34. The summed E-state index contributed by atoms with van der Waals surface area (Å²) in [5.41, 5.74) is 1.54. The number of anilines is 1. The first-order chi connectivity index (χ1) is 8.99. The predicted molar refractivity (Wildman–Crippen MR) is 78.9 cm³/mol. The molecule has 2 rings (SSSR count). The maximum absolute atomic E-state index is 12.1. The van der Waals surface area contributed by atoms with Gasteiger partial charge in [0.25, 0.3) is 5.91 Å². The van der Waals surface area contributed by atoms with E-state index >= 15 is 0 Å². The summed E-state index contributed by atoms with van der Waals surface area (Å²) in [6.45, 7) is 1.82. The van der Waals surface area contributed by atoms with Gasteiger partial charge >= 0.3 is 0 Å². The fraction of sp³-hybridized carbons (Fsp3) is 0.0833. The van der Waals surface area contributed by atoms with E-state index < -0.39 is 5.91 Å². The molecule has 0 aliphatic rings. The Labute approximate surface area is 128 Å². The number of aryl methyl sites for hydroxylation is 1. The van der Waals surface area contributed by atoms with Gasteiger partial charge in [-0.2, -0.15) is 0 Å². The molecule has 0 atom stereocenters. The highest BCUT2D eigenvalue weighted by atomic mass is 79.9. The molecule has 2 aromatic heterocycles. The largest absolute Gasteiger partial charge is 0.319 e. The van der Waals surface area contributed by atoms with Gasteiger partial charge in [0.1, 0.15) is 5.15 Å². The van der Waals surface area contributed by atoms with Crippen LogP contribution in [0, 0.1) is 6.92 Å². The Hall–Kier alpha value is -1.17. The minimum absolute atomic E-state index is 0.123. The lowest BCUT2D eigenvalue weighted by Gasteiger charge is -2.10. The number of nitrogens with zero attached hydrogens (tertiary/aromatic N) is 2. The first-order valence-electron chi connectivity index (χ1n) is 5.22. The lowest BCUT2D eigenvalue weighted by atomic mass is 10.2. The van der Waals surface area contributed by atoms with Crippen LogP contribution in [0.4, 0.5) is 5.69 Å². The van der Waals surface area contributed by atoms with Gasteiger partial charge in [0, 0.05) is 16.9 Å². The third-order valence-electron chi connectivity index (χ3n) is 2.40. The van der Waals surface area contributed by atoms with Crippen molar-refractivity contribution in [3.63, 3.8) is 0 Å². The molecule has 0 aliphatic heterocycles. The van der Waals surface area contributed by atoms with Gasteiger partial charge < -0.3 is 5.32 Å². The summed E-state index contributed by atoms with van der Waals surface area (Å²) in [7, 11) is 0. The van der Waals surface area contributed by atoms with E-state index in [0.29, 0.717) is 10.2 Å². The van der Waals surface area contributed by atoms with Crippen molar-refractivity contribution in [2.24, 2.45) is 0 Å². The Bertz CT molecular complexity index is 629. The zero-order chi connectivity index (χ0) is 14.0. The van der Waals surface area contributed by atoms with Crippen molar-refractivity contribution in [3.05, 3.63) is 50.4 Å². The summed E-state index contributed by atoms with van der Waals surface area (Å²) < 4.78 is 0.663. The molecule has 0 spiro atoms. The number of aromatic nitrogens is 2. The maximum Gasteiger partial charge on any atom is 0.258 e. The third kappa shape index (κ3) is 3.23. The van der Waals surface area contributed by atoms with Crippen molar-refractivity contribution in [1.82, 2.24) is 9.97 Å². The van der Waals surface area contributed by atoms with E-state index in [1.54, 1.807) is 18.3 Å². The average molecular weight is 361 g/mol. The van der Waals surface area contributed by atoms with Crippen LogP contribution in [-0.2, 0) is 0 Å². The molecule has 0 saturated heterocycles. The smallest absolute Gasteiger partial charge is 0.258 e. The molecule has 0 aliphatic carbocycles. The van der Waals surface area contributed by atoms with Gasteiger partial charge in [-0.3, -0.25) is 4.79 Å². The van der Waals surface area contributed by atoms with E-state index in [1.165, 1.54) is 6.20 Å². The van der Waals surface area contributed by atoms with Crippen LogP contribution in [0.3, 0.4) is 0 Å². The zero-order valence-corrected chi connectivity index (χ0v) is 12.8. The molecule has 2 aromatic rings. The number of carbonyl (C=O) groups is 1. The van der Waals surface area contributed by atoms with Crippen molar-refractivity contribution >= 4 is 50.7 Å². The van der Waals surface area contributed by atoms with E-state index in [4.69, 9.17) is 23.2 Å². The highest BCUT2D eigenvalue weighted by Gasteiger charge is 2.15. The number of hydrogen-bond acceptors (Lipinski definition) is 3. The Morgan fingerprint density at radius 2 is 2.05 bits per heavy atom. The van der Waals surface area contributed by atoms with Crippen molar-refractivity contribution in [3.8, 4) is 0 Å². The topological polar surface area (TPSA) is 54.9 Å². The quantitative estimate of drug-likeness (QED) is 0.820. The predicted octanol–water partition coefficient (Wildman–Crippen LogP) is 4.11. The van der Waals surface area contributed by atoms with E-state index in [1.807, 2.05) is 6.92 Å². The number of hydrogen-bond donors (Lipinski definition) is 1. The molecule has 2 heterocycles. The fourth-order valence-electron chi connectivity index (χ4n) is 1.44. The fourth-order valence-corrected chi connectivity index (χ4v) is 2.21. The Balaban J connectivity index is 2.34. The van der Waals surface area contributed by atoms with Crippen molar-refractivity contribution in [2.75, 3.05) is 5.32 Å². The molecule has 7 heteroatoms. The van der Waals surface area contributed by atoms with E-state index in [-0.39, 0.29) is 15.9 Å². The summed E-state index contributed by atoms with van der Waals surface area (Å²) in [6.07, 6.45) is 3.09. The van der Waals surface area contributed by atoms with Crippen LogP contribution < -0.4 is 5.32 Å². The van der Waals surface area contributed by atoms with Crippen LogP contribution in [0.1, 0.15) is 15.9 Å². The molecule has 0 bridgehead atoms. The van der Waals surface area contributed by atoms with E-state index in [0.717, 1.165) is 5.56 Å². The Kier molecular flexibility index (Phi) is 4.39. The van der Waals surface area contributed by atoms with Gasteiger partial charge in [-0.25, -0.2) is 9.97 Å². The van der Waals surface area contributed by atoms with Gasteiger partial charge in [0.15, 0.2) is 5.15 Å². The van der Waals surface area contributed by atoms with Crippen molar-refractivity contribution in [2.45, 2.75) is 6.92 Å². The van der Waals surface area contributed by atoms with Crippen molar-refractivity contribution in [1.29, 1.82) is 0 Å². The number of nitrogens with one attached hydrogen (secondary N) is 1. The Morgan fingerprint density at radius 3 is 2.74 bits per heavy atom. The summed E-state index contributed by atoms with van der Waals surface area (Å²) in [5.74, 6) is -0.392. The number of halogens is 3. The minimum atomic E-state index is -0.392. The highest BCUT2D eigenvalue weighted by Crippen LogP contribution is 2.25. The highest BCUT2D eigenvalue weighted by molar-refractivity contribution is 9.10. The van der Waals surface area contributed by atoms with Gasteiger partial charge in [-0.05, 0) is 40.5 Å². The van der Waals surface area contributed by atoms with Crippen LogP contribution in [0.25, 0.3) is 0 Å². The first-order valence-corrected chi connectivity index (χ1v) is 6.77. The van der Waals surface area contributed by atoms with Crippen LogP contribution in [0.5, 0.6) is 0 Å². The second kappa shape index (κ2) is 5.86. The lowest BCUT2D eigenvalue weighted by Crippen LogP contribution is -2.14. The summed E-state index contributed by atoms with van der Waals surface area (Å²) >= 11 is 15.1. The Morgan fingerprint density at radius 1 is 1.32 bits per heavy atom. The normalized spacial score (nSPS) is 10.3. The molecule has 1 N–H and O–H groups in total. The summed E-state index contributed by atoms with van der Waals surface area (Å²) in [4.78, 5) is 20.0. The lowest BCUT2D eigenvalue weighted by molar-refractivity contribution is 0.102. The molecule has 4 nitrogen and oxygen atoms in total. The molecule has 1 amide bonds. The van der Waals surface area contributed by atoms with Gasteiger partial charge in [0.05, 0.1) is 11.3 Å². The van der Waals surface area contributed by atoms with Crippen molar-refractivity contribution < 1.29 is 4.79 Å². The van der Waals surface area contributed by atoms with Crippen LogP contribution in [0.2, 0.25) is 10.3 Å². The van der Waals surface area contributed by atoms with Gasteiger partial charge in [-0.15, -0.1) is 0 Å². The molecule has 19 heavy (non-hydrogen) atoms. The first kappa shape index (κ1) is 14.2. The molecular formula is C12H8BrCl2N3O. The standard InChI is InChI=1S/C12H8BrCl2N3O/c1-6-2-3-16-11(15)9(6)18-12(19)8-4-7(13)5-17-10(8)14/h2-5H,1H3,(H,18,19). The molecule has 0 unspecified atom stereocenters. The third-order valence-corrected chi connectivity index (χ3v) is 3.42. The van der Waals surface area contributed by atoms with Gasteiger partial charge in [0.2, 0.25) is 0 Å². The van der Waals surface area contributed by atoms with Crippen LogP contribution in [-0.4, -0.2) is 15.9 Å². The molecule has 0 aromatic carbocycles. The van der Waals surface area contributed by atoms with E-state index in [9.17, 15) is 4.79 Å². The molecule has 0 saturated carbocycles. The van der Waals surface area contributed by atoms with Crippen LogP contribution in [0.15, 0.2) is 29.0 Å². The molecule has 0 radical (unpaired) electrons. The summed E-state index contributed by atoms with van der Waals surface area (Å²) in [5, 5.41) is 3.04. The van der Waals surface area contributed by atoms with E-state index in [2.05, 4.69) is 31.2 Å². The zero-order valence-electron chi connectivity index (χ0n) is 9.75. The maximum atomic E-state index is 12.1. The van der Waals surface area contributed by atoms with Crippen LogP contribution >= 0.6 is 39.1 Å². The minimum Gasteiger partial charge on any atom is -0.319 e. The van der Waals surface area contributed by atoms with Gasteiger partial charge in [-0.1, -0.05) is 23.2 Å². The second-order valence-electron chi connectivity index (χ2n) is 3.74.